The third kappa shape index (κ3) is 5.59. The SMILES string of the molecule is Cc1cc(-c2cc(-c3ccccc3)nc(-c3ccccc3)n2)c2c(c1)oc1ccc(-c3cc(C4=CCCC=C4)nc(-c4ccccc4)n3)cc12. The topological polar surface area (TPSA) is 64.7 Å². The summed E-state index contributed by atoms with van der Waals surface area (Å²) < 4.78 is 6.53. The molecular weight excluding hydrogens is 613 g/mol. The summed E-state index contributed by atoms with van der Waals surface area (Å²) in [5, 5.41) is 2.02. The van der Waals surface area contributed by atoms with Crippen molar-refractivity contribution in [2.24, 2.45) is 0 Å². The summed E-state index contributed by atoms with van der Waals surface area (Å²) in [5.74, 6) is 1.38. The van der Waals surface area contributed by atoms with Crippen molar-refractivity contribution in [2.45, 2.75) is 19.8 Å². The summed E-state index contributed by atoms with van der Waals surface area (Å²) in [5.41, 5.74) is 12.3. The largest absolute Gasteiger partial charge is 0.456 e. The minimum absolute atomic E-state index is 0.679. The minimum atomic E-state index is 0.679. The normalized spacial score (nSPS) is 12.8. The van der Waals surface area contributed by atoms with E-state index in [2.05, 4.69) is 104 Å². The molecule has 3 aromatic heterocycles. The Bertz CT molecular complexity index is 2530. The molecule has 0 saturated heterocycles. The average Bonchev–Trinajstić information content (AvgIpc) is 3.56. The highest BCUT2D eigenvalue weighted by molar-refractivity contribution is 6.13. The monoisotopic (exact) mass is 644 g/mol. The lowest BCUT2D eigenvalue weighted by molar-refractivity contribution is 0.668. The van der Waals surface area contributed by atoms with Gasteiger partial charge in [0.15, 0.2) is 11.6 Å². The summed E-state index contributed by atoms with van der Waals surface area (Å²) >= 11 is 0. The number of hydrogen-bond acceptors (Lipinski definition) is 5. The Morgan fingerprint density at radius 3 is 1.76 bits per heavy atom. The highest BCUT2D eigenvalue weighted by Gasteiger charge is 2.19. The van der Waals surface area contributed by atoms with Gasteiger partial charge in [-0.25, -0.2) is 19.9 Å². The van der Waals surface area contributed by atoms with E-state index in [0.717, 1.165) is 96.5 Å². The fourth-order valence-electron chi connectivity index (χ4n) is 6.73. The van der Waals surface area contributed by atoms with Crippen molar-refractivity contribution < 1.29 is 4.42 Å². The van der Waals surface area contributed by atoms with Gasteiger partial charge in [-0.05, 0) is 73.4 Å². The number of fused-ring (bicyclic) bond motifs is 3. The van der Waals surface area contributed by atoms with E-state index in [4.69, 9.17) is 24.4 Å². The molecule has 0 fully saturated rings. The van der Waals surface area contributed by atoms with Crippen molar-refractivity contribution >= 4 is 27.5 Å². The van der Waals surface area contributed by atoms with Crippen LogP contribution in [-0.4, -0.2) is 19.9 Å². The first-order valence-electron chi connectivity index (χ1n) is 17.0. The number of furan rings is 1. The first kappa shape index (κ1) is 29.7. The van der Waals surface area contributed by atoms with Crippen LogP contribution in [0.25, 0.3) is 84.1 Å². The summed E-state index contributed by atoms with van der Waals surface area (Å²) in [7, 11) is 0. The smallest absolute Gasteiger partial charge is 0.160 e. The number of aromatic nitrogens is 4. The van der Waals surface area contributed by atoms with Crippen molar-refractivity contribution in [2.75, 3.05) is 0 Å². The Morgan fingerprint density at radius 1 is 0.500 bits per heavy atom. The number of allylic oxidation sites excluding steroid dienone is 4. The molecule has 0 unspecified atom stereocenters. The fourth-order valence-corrected chi connectivity index (χ4v) is 6.73. The van der Waals surface area contributed by atoms with Crippen LogP contribution >= 0.6 is 0 Å². The first-order chi connectivity index (χ1) is 24.7. The van der Waals surface area contributed by atoms with Crippen LogP contribution in [-0.2, 0) is 0 Å². The molecule has 8 aromatic rings. The van der Waals surface area contributed by atoms with Crippen LogP contribution in [0, 0.1) is 6.92 Å². The summed E-state index contributed by atoms with van der Waals surface area (Å²) in [6, 6.07) is 45.5. The summed E-state index contributed by atoms with van der Waals surface area (Å²) in [6.07, 6.45) is 8.69. The zero-order valence-corrected chi connectivity index (χ0v) is 27.5. The zero-order valence-electron chi connectivity index (χ0n) is 27.5. The van der Waals surface area contributed by atoms with Crippen molar-refractivity contribution in [3.05, 3.63) is 163 Å². The Kier molecular flexibility index (Phi) is 7.43. The molecule has 1 aliphatic carbocycles. The molecular formula is C45H32N4O. The van der Waals surface area contributed by atoms with Crippen molar-refractivity contribution in [3.8, 4) is 56.5 Å². The Balaban J connectivity index is 1.26. The van der Waals surface area contributed by atoms with E-state index < -0.39 is 0 Å². The standard InChI is InChI=1S/C45H32N4O/c1-29-24-35(40-28-38(31-16-8-3-9-17-31)47-45(49-40)33-20-12-5-13-21-33)43-36-26-34(22-23-41(36)50-42(43)25-29)39-27-37(30-14-6-2-7-15-30)46-44(48-39)32-18-10-4-11-19-32/h3-6,8-28H,2,7H2,1H3. The van der Waals surface area contributed by atoms with Gasteiger partial charge in [0.05, 0.1) is 22.8 Å². The zero-order chi connectivity index (χ0) is 33.4. The molecule has 5 heteroatoms. The second-order valence-electron chi connectivity index (χ2n) is 12.7. The van der Waals surface area contributed by atoms with E-state index in [1.165, 1.54) is 0 Å². The number of aryl methyl sites for hydroxylation is 1. The average molecular weight is 645 g/mol. The number of benzene rings is 5. The van der Waals surface area contributed by atoms with Crippen LogP contribution < -0.4 is 0 Å². The number of rotatable bonds is 6. The second-order valence-corrected chi connectivity index (χ2v) is 12.7. The highest BCUT2D eigenvalue weighted by atomic mass is 16.3. The van der Waals surface area contributed by atoms with Crippen molar-refractivity contribution in [1.82, 2.24) is 19.9 Å². The molecule has 3 heterocycles. The first-order valence-corrected chi connectivity index (χ1v) is 17.0. The van der Waals surface area contributed by atoms with Gasteiger partial charge in [-0.15, -0.1) is 0 Å². The van der Waals surface area contributed by atoms with E-state index in [9.17, 15) is 0 Å². The molecule has 0 saturated carbocycles. The van der Waals surface area contributed by atoms with Crippen LogP contribution in [0.3, 0.4) is 0 Å². The van der Waals surface area contributed by atoms with Crippen molar-refractivity contribution in [3.63, 3.8) is 0 Å². The van der Waals surface area contributed by atoms with E-state index in [1.807, 2.05) is 54.6 Å². The summed E-state index contributed by atoms with van der Waals surface area (Å²) in [6.45, 7) is 2.10. The maximum Gasteiger partial charge on any atom is 0.160 e. The molecule has 0 bridgehead atoms. The maximum absolute atomic E-state index is 6.53. The van der Waals surface area contributed by atoms with Gasteiger partial charge in [-0.2, -0.15) is 0 Å². The van der Waals surface area contributed by atoms with Gasteiger partial charge >= 0.3 is 0 Å². The van der Waals surface area contributed by atoms with Gasteiger partial charge in [-0.1, -0.05) is 109 Å². The van der Waals surface area contributed by atoms with Gasteiger partial charge in [0.2, 0.25) is 0 Å². The van der Waals surface area contributed by atoms with Gasteiger partial charge < -0.3 is 4.42 Å². The van der Waals surface area contributed by atoms with Gasteiger partial charge in [0, 0.05) is 38.6 Å². The van der Waals surface area contributed by atoms with Crippen LogP contribution in [0.15, 0.2) is 156 Å². The lowest BCUT2D eigenvalue weighted by atomic mass is 9.97. The lowest BCUT2D eigenvalue weighted by Crippen LogP contribution is -1.98. The molecule has 0 aliphatic heterocycles. The Morgan fingerprint density at radius 2 is 1.10 bits per heavy atom. The molecule has 5 nitrogen and oxygen atoms in total. The molecule has 5 aromatic carbocycles. The maximum atomic E-state index is 6.53. The quantitative estimate of drug-likeness (QED) is 0.180. The van der Waals surface area contributed by atoms with E-state index in [0.29, 0.717) is 11.6 Å². The molecule has 238 valence electrons. The summed E-state index contributed by atoms with van der Waals surface area (Å²) in [4.78, 5) is 20.3. The van der Waals surface area contributed by atoms with Gasteiger partial charge in [0.1, 0.15) is 11.2 Å². The second kappa shape index (κ2) is 12.5. The predicted molar refractivity (Wildman–Crippen MR) is 203 cm³/mol. The third-order valence-electron chi connectivity index (χ3n) is 9.16. The molecule has 0 amide bonds. The van der Waals surface area contributed by atoms with Crippen molar-refractivity contribution in [1.29, 1.82) is 0 Å². The Labute approximate surface area is 290 Å². The van der Waals surface area contributed by atoms with Gasteiger partial charge in [0.25, 0.3) is 0 Å². The van der Waals surface area contributed by atoms with E-state index in [-0.39, 0.29) is 0 Å². The minimum Gasteiger partial charge on any atom is -0.456 e. The van der Waals surface area contributed by atoms with Crippen LogP contribution in [0.5, 0.6) is 0 Å². The molecule has 0 N–H and O–H groups in total. The number of hydrogen-bond donors (Lipinski definition) is 0. The molecule has 0 spiro atoms. The molecule has 0 atom stereocenters. The lowest BCUT2D eigenvalue weighted by Gasteiger charge is -2.12. The van der Waals surface area contributed by atoms with Crippen LogP contribution in [0.2, 0.25) is 0 Å². The molecule has 0 radical (unpaired) electrons. The number of nitrogens with zero attached hydrogens (tertiary/aromatic N) is 4. The highest BCUT2D eigenvalue weighted by Crippen LogP contribution is 2.40. The predicted octanol–water partition coefficient (Wildman–Crippen LogP) is 11.5. The van der Waals surface area contributed by atoms with E-state index >= 15 is 0 Å². The Hall–Kier alpha value is -6.46. The van der Waals surface area contributed by atoms with Crippen LogP contribution in [0.1, 0.15) is 24.1 Å². The third-order valence-corrected chi connectivity index (χ3v) is 9.16. The molecule has 50 heavy (non-hydrogen) atoms. The fraction of sp³-hybridized carbons (Fsp3) is 0.0667. The molecule has 1 aliphatic rings. The molecule has 9 rings (SSSR count). The van der Waals surface area contributed by atoms with Gasteiger partial charge in [-0.3, -0.25) is 0 Å². The van der Waals surface area contributed by atoms with Crippen LogP contribution in [0.4, 0.5) is 0 Å². The van der Waals surface area contributed by atoms with E-state index in [1.54, 1.807) is 0 Å².